The summed E-state index contributed by atoms with van der Waals surface area (Å²) in [6.45, 7) is 2.01. The molecule has 28 heavy (non-hydrogen) atoms. The summed E-state index contributed by atoms with van der Waals surface area (Å²) in [6.07, 6.45) is 0. The molecule has 0 saturated heterocycles. The molecule has 1 heterocycles. The van der Waals surface area contributed by atoms with Crippen LogP contribution in [0.25, 0.3) is 0 Å². The fourth-order valence-electron chi connectivity index (χ4n) is 3.97. The van der Waals surface area contributed by atoms with E-state index in [2.05, 4.69) is 6.92 Å². The Balaban J connectivity index is 1.94. The van der Waals surface area contributed by atoms with Crippen LogP contribution < -0.4 is 4.90 Å². The highest BCUT2D eigenvalue weighted by molar-refractivity contribution is 6.35. The average Bonchev–Trinajstić information content (AvgIpc) is 2.71. The number of aliphatic hydroxyl groups excluding tert-OH is 1. The van der Waals surface area contributed by atoms with Crippen molar-refractivity contribution in [3.63, 3.8) is 0 Å². The zero-order chi connectivity index (χ0) is 19.8. The van der Waals surface area contributed by atoms with E-state index in [1.165, 1.54) is 0 Å². The van der Waals surface area contributed by atoms with Gasteiger partial charge < -0.3 is 10.0 Å². The first-order chi connectivity index (χ1) is 13.5. The number of carbonyl (C=O) groups excluding carboxylic acids is 1. The predicted octanol–water partition coefficient (Wildman–Crippen LogP) is 5.99. The lowest BCUT2D eigenvalue weighted by Crippen LogP contribution is -2.42. The van der Waals surface area contributed by atoms with Gasteiger partial charge in [-0.15, -0.1) is 0 Å². The normalized spacial score (nSPS) is 18.9. The van der Waals surface area contributed by atoms with Crippen molar-refractivity contribution in [3.8, 4) is 0 Å². The Labute approximate surface area is 174 Å². The van der Waals surface area contributed by atoms with Crippen molar-refractivity contribution in [2.75, 3.05) is 4.90 Å². The molecular weight excluding hydrogens is 393 g/mol. The summed E-state index contributed by atoms with van der Waals surface area (Å²) in [6, 6.07) is 20.2. The zero-order valence-electron chi connectivity index (χ0n) is 15.3. The van der Waals surface area contributed by atoms with Gasteiger partial charge in [-0.05, 0) is 47.0 Å². The summed E-state index contributed by atoms with van der Waals surface area (Å²) in [5.74, 6) is -0.0647. The van der Waals surface area contributed by atoms with Gasteiger partial charge in [-0.3, -0.25) is 4.79 Å². The molecule has 3 aromatic carbocycles. The van der Waals surface area contributed by atoms with Crippen LogP contribution in [0.3, 0.4) is 0 Å². The summed E-state index contributed by atoms with van der Waals surface area (Å²) in [5, 5.41) is 10.6. The molecule has 3 nitrogen and oxygen atoms in total. The van der Waals surface area contributed by atoms with Gasteiger partial charge in [-0.25, -0.2) is 0 Å². The Morgan fingerprint density at radius 2 is 1.75 bits per heavy atom. The second-order valence-electron chi connectivity index (χ2n) is 6.99. The van der Waals surface area contributed by atoms with E-state index in [9.17, 15) is 9.90 Å². The van der Waals surface area contributed by atoms with E-state index >= 15 is 0 Å². The highest BCUT2D eigenvalue weighted by Gasteiger charge is 2.40. The van der Waals surface area contributed by atoms with Gasteiger partial charge in [0.05, 0.1) is 12.6 Å². The summed E-state index contributed by atoms with van der Waals surface area (Å²) < 4.78 is 0. The van der Waals surface area contributed by atoms with Gasteiger partial charge >= 0.3 is 0 Å². The van der Waals surface area contributed by atoms with Gasteiger partial charge in [0, 0.05) is 27.2 Å². The van der Waals surface area contributed by atoms with Crippen molar-refractivity contribution >= 4 is 34.8 Å². The number of fused-ring (bicyclic) bond motifs is 1. The summed E-state index contributed by atoms with van der Waals surface area (Å²) in [4.78, 5) is 15.3. The van der Waals surface area contributed by atoms with Gasteiger partial charge in [0.25, 0.3) is 5.91 Å². The smallest absolute Gasteiger partial charge is 0.259 e. The Bertz CT molecular complexity index is 1050. The first-order valence-corrected chi connectivity index (χ1v) is 9.84. The third-order valence-corrected chi connectivity index (χ3v) is 5.87. The molecule has 4 rings (SSSR count). The minimum Gasteiger partial charge on any atom is -0.392 e. The van der Waals surface area contributed by atoms with E-state index in [4.69, 9.17) is 23.2 Å². The zero-order valence-corrected chi connectivity index (χ0v) is 16.8. The number of carbonyl (C=O) groups is 1. The van der Waals surface area contributed by atoms with Crippen LogP contribution in [0.1, 0.15) is 45.9 Å². The number of hydrogen-bond donors (Lipinski definition) is 1. The maximum atomic E-state index is 13.5. The number of aliphatic hydroxyl groups is 1. The number of nitrogens with zero attached hydrogens (tertiary/aromatic N) is 1. The molecule has 0 fully saturated rings. The standard InChI is InChI=1S/C23H19Cl2NO2/c1-14-18-7-2-3-8-19(18)23(28)26(17-6-4-5-15(11-17)13-27)22(14)20-10-9-16(24)12-21(20)25/h2-12,14,22,27H,13H2,1H3/t14?,22-/m1/s1. The molecule has 1 aliphatic rings. The molecule has 0 saturated carbocycles. The molecule has 2 atom stereocenters. The monoisotopic (exact) mass is 411 g/mol. The summed E-state index contributed by atoms with van der Waals surface area (Å²) in [5.41, 5.74) is 4.01. The largest absolute Gasteiger partial charge is 0.392 e. The topological polar surface area (TPSA) is 40.5 Å². The molecule has 0 radical (unpaired) electrons. The number of amides is 1. The van der Waals surface area contributed by atoms with Crippen LogP contribution in [-0.4, -0.2) is 11.0 Å². The van der Waals surface area contributed by atoms with Gasteiger partial charge in [-0.1, -0.05) is 66.5 Å². The molecule has 0 aliphatic carbocycles. The van der Waals surface area contributed by atoms with E-state index in [-0.39, 0.29) is 24.5 Å². The van der Waals surface area contributed by atoms with Crippen molar-refractivity contribution in [2.24, 2.45) is 0 Å². The Morgan fingerprint density at radius 1 is 0.964 bits per heavy atom. The van der Waals surface area contributed by atoms with Crippen LogP contribution in [-0.2, 0) is 6.61 Å². The molecule has 1 unspecified atom stereocenters. The van der Waals surface area contributed by atoms with Crippen LogP contribution in [0.5, 0.6) is 0 Å². The van der Waals surface area contributed by atoms with E-state index in [0.29, 0.717) is 15.6 Å². The third-order valence-electron chi connectivity index (χ3n) is 5.30. The average molecular weight is 412 g/mol. The van der Waals surface area contributed by atoms with Crippen LogP contribution in [0, 0.1) is 0 Å². The van der Waals surface area contributed by atoms with Crippen LogP contribution in [0.4, 0.5) is 5.69 Å². The van der Waals surface area contributed by atoms with E-state index < -0.39 is 0 Å². The first kappa shape index (κ1) is 19.0. The lowest BCUT2D eigenvalue weighted by molar-refractivity contribution is 0.0961. The number of benzene rings is 3. The lowest BCUT2D eigenvalue weighted by Gasteiger charge is -2.41. The second kappa shape index (κ2) is 7.59. The fraction of sp³-hybridized carbons (Fsp3) is 0.174. The number of rotatable bonds is 3. The Morgan fingerprint density at radius 3 is 2.50 bits per heavy atom. The van der Waals surface area contributed by atoms with Gasteiger partial charge in [0.15, 0.2) is 0 Å². The first-order valence-electron chi connectivity index (χ1n) is 9.08. The van der Waals surface area contributed by atoms with Crippen molar-refractivity contribution in [1.29, 1.82) is 0 Å². The molecule has 1 amide bonds. The fourth-order valence-corrected chi connectivity index (χ4v) is 4.49. The molecule has 3 aromatic rings. The highest BCUT2D eigenvalue weighted by Crippen LogP contribution is 2.46. The maximum absolute atomic E-state index is 13.5. The summed E-state index contributed by atoms with van der Waals surface area (Å²) >= 11 is 12.7. The van der Waals surface area contributed by atoms with Crippen molar-refractivity contribution < 1.29 is 9.90 Å². The molecule has 1 aliphatic heterocycles. The number of halogens is 2. The molecule has 5 heteroatoms. The number of hydrogen-bond acceptors (Lipinski definition) is 2. The molecule has 0 spiro atoms. The minimum atomic E-state index is -0.291. The van der Waals surface area contributed by atoms with Gasteiger partial charge in [0.2, 0.25) is 0 Å². The van der Waals surface area contributed by atoms with Crippen molar-refractivity contribution in [3.05, 3.63) is 99.0 Å². The predicted molar refractivity (Wildman–Crippen MR) is 113 cm³/mol. The molecule has 0 bridgehead atoms. The van der Waals surface area contributed by atoms with Crippen molar-refractivity contribution in [1.82, 2.24) is 0 Å². The Hall–Kier alpha value is -2.33. The molecule has 142 valence electrons. The van der Waals surface area contributed by atoms with E-state index in [1.807, 2.05) is 54.6 Å². The summed E-state index contributed by atoms with van der Waals surface area (Å²) in [7, 11) is 0. The maximum Gasteiger partial charge on any atom is 0.259 e. The van der Waals surface area contributed by atoms with Gasteiger partial charge in [0.1, 0.15) is 0 Å². The third kappa shape index (κ3) is 3.20. The van der Waals surface area contributed by atoms with E-state index in [0.717, 1.165) is 22.4 Å². The quantitative estimate of drug-likeness (QED) is 0.574. The number of anilines is 1. The SMILES string of the molecule is CC1c2ccccc2C(=O)N(c2cccc(CO)c2)[C@H]1c1ccc(Cl)cc1Cl. The van der Waals surface area contributed by atoms with Crippen molar-refractivity contribution in [2.45, 2.75) is 25.5 Å². The van der Waals surface area contributed by atoms with E-state index in [1.54, 1.807) is 17.0 Å². The lowest BCUT2D eigenvalue weighted by atomic mass is 9.80. The molecular formula is C23H19Cl2NO2. The van der Waals surface area contributed by atoms with Crippen LogP contribution in [0.2, 0.25) is 10.0 Å². The Kier molecular flexibility index (Phi) is 5.15. The van der Waals surface area contributed by atoms with Crippen LogP contribution in [0.15, 0.2) is 66.7 Å². The highest BCUT2D eigenvalue weighted by atomic mass is 35.5. The van der Waals surface area contributed by atoms with Gasteiger partial charge in [-0.2, -0.15) is 0 Å². The molecule has 1 N–H and O–H groups in total. The van der Waals surface area contributed by atoms with Crippen LogP contribution >= 0.6 is 23.2 Å². The molecule has 0 aromatic heterocycles. The second-order valence-corrected chi connectivity index (χ2v) is 7.83. The minimum absolute atomic E-state index is 0.0189.